The lowest BCUT2D eigenvalue weighted by molar-refractivity contribution is -0.0244. The number of aliphatic hydroxyl groups is 1. The van der Waals surface area contributed by atoms with Crippen LogP contribution >= 0.6 is 0 Å². The van der Waals surface area contributed by atoms with E-state index >= 15 is 0 Å². The smallest absolute Gasteiger partial charge is 0.0893 e. The number of allylic oxidation sites excluding steroid dienone is 2. The molecule has 1 aliphatic heterocycles. The van der Waals surface area contributed by atoms with Gasteiger partial charge in [-0.15, -0.1) is 0 Å². The van der Waals surface area contributed by atoms with Crippen molar-refractivity contribution < 1.29 is 9.84 Å². The molecule has 2 aliphatic rings. The molecule has 17 heavy (non-hydrogen) atoms. The number of ether oxygens (including phenoxy) is 1. The third-order valence-electron chi connectivity index (χ3n) is 4.68. The van der Waals surface area contributed by atoms with Gasteiger partial charge in [0, 0.05) is 0 Å². The van der Waals surface area contributed by atoms with Gasteiger partial charge in [-0.2, -0.15) is 0 Å². The van der Waals surface area contributed by atoms with Crippen LogP contribution in [0.4, 0.5) is 0 Å². The number of fused-ring (bicyclic) bond motifs is 1. The predicted molar refractivity (Wildman–Crippen MR) is 69.2 cm³/mol. The third kappa shape index (κ3) is 2.42. The van der Waals surface area contributed by atoms with Crippen molar-refractivity contribution in [1.29, 1.82) is 0 Å². The van der Waals surface area contributed by atoms with Crippen molar-refractivity contribution in [2.45, 2.75) is 52.6 Å². The van der Waals surface area contributed by atoms with E-state index in [2.05, 4.69) is 19.9 Å². The van der Waals surface area contributed by atoms with E-state index in [0.29, 0.717) is 11.8 Å². The van der Waals surface area contributed by atoms with Crippen molar-refractivity contribution in [3.63, 3.8) is 0 Å². The fourth-order valence-corrected chi connectivity index (χ4v) is 3.30. The summed E-state index contributed by atoms with van der Waals surface area (Å²) in [5, 5.41) is 10.2. The van der Waals surface area contributed by atoms with Gasteiger partial charge in [0.05, 0.1) is 18.1 Å². The second-order valence-electron chi connectivity index (χ2n) is 6.48. The van der Waals surface area contributed by atoms with E-state index in [0.717, 1.165) is 19.3 Å². The molecule has 0 aromatic heterocycles. The highest BCUT2D eigenvalue weighted by molar-refractivity contribution is 5.17. The summed E-state index contributed by atoms with van der Waals surface area (Å²) >= 11 is 0. The zero-order valence-electron chi connectivity index (χ0n) is 11.4. The minimum absolute atomic E-state index is 0.193. The summed E-state index contributed by atoms with van der Waals surface area (Å²) in [4.78, 5) is 0. The van der Waals surface area contributed by atoms with Gasteiger partial charge in [0.25, 0.3) is 0 Å². The van der Waals surface area contributed by atoms with Crippen LogP contribution in [0, 0.1) is 17.3 Å². The second-order valence-corrected chi connectivity index (χ2v) is 6.48. The maximum Gasteiger partial charge on any atom is 0.0893 e. The third-order valence-corrected chi connectivity index (χ3v) is 4.68. The summed E-state index contributed by atoms with van der Waals surface area (Å²) in [6, 6.07) is 0. The fraction of sp³-hybridized carbons (Fsp3) is 0.733. The maximum atomic E-state index is 10.2. The molecule has 0 aromatic carbocycles. The van der Waals surface area contributed by atoms with E-state index in [1.807, 2.05) is 26.4 Å². The molecule has 2 heteroatoms. The zero-order chi connectivity index (χ0) is 12.7. The van der Waals surface area contributed by atoms with E-state index in [1.54, 1.807) is 0 Å². The molecular weight excluding hydrogens is 212 g/mol. The van der Waals surface area contributed by atoms with Crippen LogP contribution in [0.1, 0.15) is 47.0 Å². The van der Waals surface area contributed by atoms with Gasteiger partial charge in [-0.3, -0.25) is 0 Å². The van der Waals surface area contributed by atoms with Crippen LogP contribution in [-0.2, 0) is 4.74 Å². The number of hydrogen-bond acceptors (Lipinski definition) is 2. The lowest BCUT2D eigenvalue weighted by atomic mass is 9.60. The van der Waals surface area contributed by atoms with Gasteiger partial charge in [0.1, 0.15) is 0 Å². The molecule has 0 amide bonds. The predicted octanol–water partition coefficient (Wildman–Crippen LogP) is 3.63. The number of rotatable bonds is 1. The molecule has 2 rings (SSSR count). The van der Waals surface area contributed by atoms with Crippen molar-refractivity contribution in [1.82, 2.24) is 0 Å². The average Bonchev–Trinajstić information content (AvgIpc) is 2.36. The van der Waals surface area contributed by atoms with Crippen LogP contribution in [-0.4, -0.2) is 10.7 Å². The molecule has 0 spiro atoms. The Balaban J connectivity index is 2.25. The van der Waals surface area contributed by atoms with Crippen LogP contribution in [0.15, 0.2) is 24.2 Å². The normalized spacial score (nSPS) is 37.8. The Bertz CT molecular complexity index is 348. The molecule has 0 saturated heterocycles. The summed E-state index contributed by atoms with van der Waals surface area (Å²) in [7, 11) is 0. The van der Waals surface area contributed by atoms with Gasteiger partial charge in [0.2, 0.25) is 0 Å². The molecule has 1 N–H and O–H groups in total. The highest BCUT2D eigenvalue weighted by Gasteiger charge is 2.43. The van der Waals surface area contributed by atoms with Crippen LogP contribution in [0.3, 0.4) is 0 Å². The Morgan fingerprint density at radius 1 is 1.47 bits per heavy atom. The minimum Gasteiger partial charge on any atom is -0.473 e. The lowest BCUT2D eigenvalue weighted by Gasteiger charge is -2.45. The molecule has 0 radical (unpaired) electrons. The molecule has 96 valence electrons. The minimum atomic E-state index is -0.571. The van der Waals surface area contributed by atoms with E-state index < -0.39 is 5.60 Å². The van der Waals surface area contributed by atoms with Crippen LogP contribution in [0.5, 0.6) is 0 Å². The first-order valence-electron chi connectivity index (χ1n) is 6.55. The van der Waals surface area contributed by atoms with Crippen molar-refractivity contribution in [2.24, 2.45) is 17.3 Å². The van der Waals surface area contributed by atoms with E-state index in [-0.39, 0.29) is 5.41 Å². The molecule has 0 aromatic rings. The van der Waals surface area contributed by atoms with Crippen molar-refractivity contribution in [3.05, 3.63) is 24.2 Å². The van der Waals surface area contributed by atoms with Gasteiger partial charge >= 0.3 is 0 Å². The van der Waals surface area contributed by atoms with Crippen molar-refractivity contribution in [3.8, 4) is 0 Å². The Kier molecular flexibility index (Phi) is 3.11. The fourth-order valence-electron chi connectivity index (χ4n) is 3.30. The summed E-state index contributed by atoms with van der Waals surface area (Å²) in [6.07, 6.45) is 9.14. The van der Waals surface area contributed by atoms with Gasteiger partial charge in [-0.25, -0.2) is 0 Å². The summed E-state index contributed by atoms with van der Waals surface area (Å²) < 4.78 is 5.38. The molecule has 0 bridgehead atoms. The molecular formula is C15H24O2. The lowest BCUT2D eigenvalue weighted by Crippen LogP contribution is -2.41. The van der Waals surface area contributed by atoms with Gasteiger partial charge < -0.3 is 9.84 Å². The molecule has 1 aliphatic carbocycles. The van der Waals surface area contributed by atoms with E-state index in [4.69, 9.17) is 4.74 Å². The Hall–Kier alpha value is -0.760. The largest absolute Gasteiger partial charge is 0.473 e. The Morgan fingerprint density at radius 3 is 2.82 bits per heavy atom. The van der Waals surface area contributed by atoms with Gasteiger partial charge in [0.15, 0.2) is 0 Å². The van der Waals surface area contributed by atoms with Crippen LogP contribution in [0.25, 0.3) is 0 Å². The quantitative estimate of drug-likeness (QED) is 0.753. The zero-order valence-corrected chi connectivity index (χ0v) is 11.4. The van der Waals surface area contributed by atoms with Gasteiger partial charge in [-0.1, -0.05) is 6.92 Å². The van der Waals surface area contributed by atoms with E-state index in [1.165, 1.54) is 5.57 Å². The SMILES string of the molecule is CC1=COC=C[C@@]2(C)CC[C@H](C(C)(C)O)C[C@@H]12. The van der Waals surface area contributed by atoms with Gasteiger partial charge in [-0.05, 0) is 68.9 Å². The van der Waals surface area contributed by atoms with E-state index in [9.17, 15) is 5.11 Å². The molecule has 3 atom stereocenters. The first kappa shape index (κ1) is 12.7. The summed E-state index contributed by atoms with van der Waals surface area (Å²) in [5.74, 6) is 0.877. The monoisotopic (exact) mass is 236 g/mol. The average molecular weight is 236 g/mol. The number of hydrogen-bond donors (Lipinski definition) is 1. The summed E-state index contributed by atoms with van der Waals surface area (Å²) in [6.45, 7) is 8.31. The summed E-state index contributed by atoms with van der Waals surface area (Å²) in [5.41, 5.74) is 0.920. The standard InChI is InChI=1S/C15H24O2/c1-11-10-17-8-7-15(4)6-5-12(9-13(11)15)14(2,3)16/h7-8,10,12-13,16H,5-6,9H2,1-4H3/t12-,13-,15+/m0/s1. The Morgan fingerprint density at radius 2 is 2.18 bits per heavy atom. The Labute approximate surface area is 104 Å². The van der Waals surface area contributed by atoms with Crippen LogP contribution < -0.4 is 0 Å². The second kappa shape index (κ2) is 4.16. The molecule has 2 nitrogen and oxygen atoms in total. The molecule has 0 unspecified atom stereocenters. The first-order valence-corrected chi connectivity index (χ1v) is 6.55. The highest BCUT2D eigenvalue weighted by atomic mass is 16.5. The molecule has 1 heterocycles. The van der Waals surface area contributed by atoms with Crippen LogP contribution in [0.2, 0.25) is 0 Å². The topological polar surface area (TPSA) is 29.5 Å². The van der Waals surface area contributed by atoms with Crippen molar-refractivity contribution >= 4 is 0 Å². The molecule has 1 saturated carbocycles. The first-order chi connectivity index (χ1) is 7.83. The molecule has 1 fully saturated rings. The van der Waals surface area contributed by atoms with Crippen molar-refractivity contribution in [2.75, 3.05) is 0 Å². The highest BCUT2D eigenvalue weighted by Crippen LogP contribution is 2.50. The maximum absolute atomic E-state index is 10.2.